The Morgan fingerprint density at radius 2 is 1.84 bits per heavy atom. The molecule has 3 rings (SSSR count). The maximum atomic E-state index is 12.4. The monoisotopic (exact) mass is 441 g/mol. The predicted octanol–water partition coefficient (Wildman–Crippen LogP) is 4.80. The Morgan fingerprint density at radius 1 is 1.16 bits per heavy atom. The molecule has 0 fully saturated rings. The second kappa shape index (κ2) is 7.07. The van der Waals surface area contributed by atoms with Crippen LogP contribution in [0.1, 0.15) is 11.7 Å². The number of cyclic esters (lactones) is 1. The molecule has 0 saturated carbocycles. The van der Waals surface area contributed by atoms with Crippen LogP contribution in [0, 0.1) is 0 Å². The number of aliphatic hydroxyl groups is 1. The van der Waals surface area contributed by atoms with Crippen LogP contribution in [-0.2, 0) is 14.3 Å². The zero-order chi connectivity index (χ0) is 18.1. The van der Waals surface area contributed by atoms with Gasteiger partial charge in [0.25, 0.3) is 5.91 Å². The van der Waals surface area contributed by atoms with Gasteiger partial charge in [-0.3, -0.25) is 4.79 Å². The molecule has 1 amide bonds. The van der Waals surface area contributed by atoms with Crippen molar-refractivity contribution < 1.29 is 19.4 Å². The number of amides is 1. The largest absolute Gasteiger partial charge is 0.507 e. The van der Waals surface area contributed by atoms with E-state index in [1.165, 1.54) is 18.2 Å². The van der Waals surface area contributed by atoms with E-state index in [1.54, 1.807) is 24.3 Å². The van der Waals surface area contributed by atoms with E-state index in [0.717, 1.165) is 4.47 Å². The van der Waals surface area contributed by atoms with Crippen LogP contribution in [0.15, 0.2) is 58.3 Å². The number of esters is 1. The maximum Gasteiger partial charge on any atom is 0.348 e. The molecule has 1 aliphatic heterocycles. The quantitative estimate of drug-likeness (QED) is 0.528. The van der Waals surface area contributed by atoms with Crippen molar-refractivity contribution in [2.45, 2.75) is 6.10 Å². The lowest BCUT2D eigenvalue weighted by molar-refractivity contribution is -0.141. The van der Waals surface area contributed by atoms with Crippen LogP contribution in [-0.4, -0.2) is 17.0 Å². The average Bonchev–Trinajstić information content (AvgIpc) is 2.81. The molecule has 0 radical (unpaired) electrons. The van der Waals surface area contributed by atoms with Crippen LogP contribution in [0.4, 0.5) is 5.69 Å². The van der Waals surface area contributed by atoms with E-state index >= 15 is 0 Å². The zero-order valence-corrected chi connectivity index (χ0v) is 15.5. The van der Waals surface area contributed by atoms with Gasteiger partial charge in [-0.05, 0) is 30.3 Å². The van der Waals surface area contributed by atoms with E-state index in [-0.39, 0.29) is 0 Å². The number of nitrogens with one attached hydrogen (secondary N) is 1. The number of hydrogen-bond donors (Lipinski definition) is 2. The van der Waals surface area contributed by atoms with E-state index < -0.39 is 29.3 Å². The SMILES string of the molecule is O=C(Nc1cc(Cl)cc(Cl)c1)C1=C(O)C(c2cccc(Br)c2)OC1=O. The Kier molecular flexibility index (Phi) is 5.03. The lowest BCUT2D eigenvalue weighted by Gasteiger charge is -2.10. The Morgan fingerprint density at radius 3 is 2.48 bits per heavy atom. The number of carbonyl (C=O) groups is 2. The Bertz CT molecular complexity index is 893. The summed E-state index contributed by atoms with van der Waals surface area (Å²) in [5.41, 5.74) is 0.372. The molecule has 0 aromatic heterocycles. The van der Waals surface area contributed by atoms with Crippen LogP contribution in [0.3, 0.4) is 0 Å². The molecule has 1 aliphatic rings. The highest BCUT2D eigenvalue weighted by Gasteiger charge is 2.39. The minimum atomic E-state index is -1.03. The number of hydrogen-bond acceptors (Lipinski definition) is 4. The Hall–Kier alpha value is -2.02. The van der Waals surface area contributed by atoms with Gasteiger partial charge in [0.05, 0.1) is 0 Å². The average molecular weight is 443 g/mol. The first-order valence-electron chi connectivity index (χ1n) is 7.02. The van der Waals surface area contributed by atoms with Gasteiger partial charge in [0.1, 0.15) is 0 Å². The molecular formula is C17H10BrCl2NO4. The van der Waals surface area contributed by atoms with Crippen molar-refractivity contribution in [3.05, 3.63) is 73.9 Å². The third-order valence-electron chi connectivity index (χ3n) is 3.43. The summed E-state index contributed by atoms with van der Waals surface area (Å²) in [5.74, 6) is -2.17. The van der Waals surface area contributed by atoms with Gasteiger partial charge < -0.3 is 15.2 Å². The predicted molar refractivity (Wildman–Crippen MR) is 97.7 cm³/mol. The van der Waals surface area contributed by atoms with Gasteiger partial charge in [0.15, 0.2) is 17.4 Å². The number of aliphatic hydroxyl groups excluding tert-OH is 1. The summed E-state index contributed by atoms with van der Waals surface area (Å²) in [7, 11) is 0. The smallest absolute Gasteiger partial charge is 0.348 e. The molecule has 8 heteroatoms. The van der Waals surface area contributed by atoms with E-state index in [9.17, 15) is 14.7 Å². The molecule has 128 valence electrons. The fourth-order valence-electron chi connectivity index (χ4n) is 2.38. The molecule has 0 spiro atoms. The van der Waals surface area contributed by atoms with Crippen molar-refractivity contribution >= 4 is 56.7 Å². The van der Waals surface area contributed by atoms with Gasteiger partial charge in [0.2, 0.25) is 0 Å². The van der Waals surface area contributed by atoms with Crippen LogP contribution >= 0.6 is 39.1 Å². The normalized spacial score (nSPS) is 16.8. The standard InChI is InChI=1S/C17H10BrCl2NO4/c18-9-3-1-2-8(4-9)15-14(22)13(17(24)25-15)16(23)21-12-6-10(19)5-11(20)7-12/h1-7,15,22H,(H,21,23). The topological polar surface area (TPSA) is 75.6 Å². The molecule has 0 aliphatic carbocycles. The molecule has 5 nitrogen and oxygen atoms in total. The van der Waals surface area contributed by atoms with Crippen LogP contribution < -0.4 is 5.32 Å². The highest BCUT2D eigenvalue weighted by atomic mass is 79.9. The lowest BCUT2D eigenvalue weighted by Crippen LogP contribution is -2.19. The minimum absolute atomic E-state index is 0.293. The second-order valence-corrected chi connectivity index (χ2v) is 7.00. The molecular weight excluding hydrogens is 433 g/mol. The minimum Gasteiger partial charge on any atom is -0.507 e. The third-order valence-corrected chi connectivity index (χ3v) is 4.36. The summed E-state index contributed by atoms with van der Waals surface area (Å²) >= 11 is 15.1. The number of halogens is 3. The lowest BCUT2D eigenvalue weighted by atomic mass is 10.1. The third kappa shape index (κ3) is 3.81. The van der Waals surface area contributed by atoms with E-state index in [4.69, 9.17) is 27.9 Å². The molecule has 1 unspecified atom stereocenters. The van der Waals surface area contributed by atoms with Crippen LogP contribution in [0.25, 0.3) is 0 Å². The summed E-state index contributed by atoms with van der Waals surface area (Å²) in [6, 6.07) is 11.3. The fraction of sp³-hybridized carbons (Fsp3) is 0.0588. The van der Waals surface area contributed by atoms with Crippen molar-refractivity contribution in [2.75, 3.05) is 5.32 Å². The fourth-order valence-corrected chi connectivity index (χ4v) is 3.32. The number of carbonyl (C=O) groups excluding carboxylic acids is 2. The van der Waals surface area contributed by atoms with Crippen molar-refractivity contribution in [3.63, 3.8) is 0 Å². The van der Waals surface area contributed by atoms with Crippen molar-refractivity contribution in [1.82, 2.24) is 0 Å². The van der Waals surface area contributed by atoms with Gasteiger partial charge in [-0.15, -0.1) is 0 Å². The number of benzene rings is 2. The van der Waals surface area contributed by atoms with Crippen molar-refractivity contribution in [3.8, 4) is 0 Å². The molecule has 2 aromatic carbocycles. The summed E-state index contributed by atoms with van der Waals surface area (Å²) in [4.78, 5) is 24.4. The maximum absolute atomic E-state index is 12.4. The molecule has 0 bridgehead atoms. The number of ether oxygens (including phenoxy) is 1. The van der Waals surface area contributed by atoms with E-state index in [1.807, 2.05) is 0 Å². The van der Waals surface area contributed by atoms with Gasteiger partial charge in [-0.25, -0.2) is 4.79 Å². The molecule has 0 saturated heterocycles. The second-order valence-electron chi connectivity index (χ2n) is 5.21. The van der Waals surface area contributed by atoms with Crippen molar-refractivity contribution in [2.24, 2.45) is 0 Å². The first-order chi connectivity index (χ1) is 11.8. The first kappa shape index (κ1) is 17.8. The highest BCUT2D eigenvalue weighted by Crippen LogP contribution is 2.35. The van der Waals surface area contributed by atoms with Gasteiger partial charge >= 0.3 is 5.97 Å². The molecule has 2 N–H and O–H groups in total. The van der Waals surface area contributed by atoms with E-state index in [2.05, 4.69) is 21.2 Å². The molecule has 1 heterocycles. The van der Waals surface area contributed by atoms with Crippen LogP contribution in [0.2, 0.25) is 10.0 Å². The van der Waals surface area contributed by atoms with Gasteiger partial charge in [0, 0.05) is 25.8 Å². The summed E-state index contributed by atoms with van der Waals surface area (Å²) in [6.45, 7) is 0. The summed E-state index contributed by atoms with van der Waals surface area (Å²) in [6.07, 6.45) is -1.03. The highest BCUT2D eigenvalue weighted by molar-refractivity contribution is 9.10. The van der Waals surface area contributed by atoms with Crippen LogP contribution in [0.5, 0.6) is 0 Å². The zero-order valence-electron chi connectivity index (χ0n) is 12.4. The summed E-state index contributed by atoms with van der Waals surface area (Å²) in [5, 5.41) is 13.4. The number of rotatable bonds is 3. The van der Waals surface area contributed by atoms with E-state index in [0.29, 0.717) is 21.3 Å². The molecule has 1 atom stereocenters. The Labute approximate surface area is 161 Å². The Balaban J connectivity index is 1.89. The summed E-state index contributed by atoms with van der Waals surface area (Å²) < 4.78 is 5.89. The van der Waals surface area contributed by atoms with Gasteiger partial charge in [-0.1, -0.05) is 51.3 Å². The first-order valence-corrected chi connectivity index (χ1v) is 8.57. The van der Waals surface area contributed by atoms with Gasteiger partial charge in [-0.2, -0.15) is 0 Å². The molecule has 25 heavy (non-hydrogen) atoms. The molecule has 2 aromatic rings. The van der Waals surface area contributed by atoms with Crippen molar-refractivity contribution in [1.29, 1.82) is 0 Å². The number of anilines is 1.